The monoisotopic (exact) mass is 325 g/mol. The maximum absolute atomic E-state index is 12.3. The van der Waals surface area contributed by atoms with Crippen LogP contribution in [0, 0.1) is 5.92 Å². The summed E-state index contributed by atoms with van der Waals surface area (Å²) in [5.74, 6) is 0.899. The topological polar surface area (TPSA) is 58.8 Å². The number of hydrogen-bond donors (Lipinski definition) is 1. The van der Waals surface area contributed by atoms with Gasteiger partial charge in [0.1, 0.15) is 0 Å². The van der Waals surface area contributed by atoms with E-state index in [-0.39, 0.29) is 11.9 Å². The second kappa shape index (κ2) is 9.00. The summed E-state index contributed by atoms with van der Waals surface area (Å²) in [7, 11) is 0. The van der Waals surface area contributed by atoms with Gasteiger partial charge in [-0.1, -0.05) is 13.3 Å². The number of nitrogens with two attached hydrogens (primary N) is 1. The van der Waals surface area contributed by atoms with E-state index in [2.05, 4.69) is 25.7 Å². The normalized spacial score (nSPS) is 28.8. The van der Waals surface area contributed by atoms with E-state index in [1.165, 1.54) is 6.42 Å². The average molecular weight is 325 g/mol. The highest BCUT2D eigenvalue weighted by atomic mass is 16.5. The van der Waals surface area contributed by atoms with Crippen molar-refractivity contribution in [1.29, 1.82) is 0 Å². The number of piperidine rings is 1. The van der Waals surface area contributed by atoms with Crippen molar-refractivity contribution in [2.75, 3.05) is 32.7 Å². The third-order valence-corrected chi connectivity index (χ3v) is 5.19. The summed E-state index contributed by atoms with van der Waals surface area (Å²) in [4.78, 5) is 16.8. The van der Waals surface area contributed by atoms with Crippen LogP contribution in [0.25, 0.3) is 0 Å². The second-order valence-corrected chi connectivity index (χ2v) is 7.47. The van der Waals surface area contributed by atoms with E-state index in [4.69, 9.17) is 10.5 Å². The summed E-state index contributed by atoms with van der Waals surface area (Å²) >= 11 is 0. The van der Waals surface area contributed by atoms with Gasteiger partial charge in [-0.2, -0.15) is 0 Å². The van der Waals surface area contributed by atoms with Gasteiger partial charge in [0.05, 0.1) is 18.2 Å². The van der Waals surface area contributed by atoms with Crippen LogP contribution in [0.5, 0.6) is 0 Å². The first kappa shape index (κ1) is 18.7. The molecule has 5 nitrogen and oxygen atoms in total. The summed E-state index contributed by atoms with van der Waals surface area (Å²) in [5.41, 5.74) is 5.97. The number of amides is 1. The van der Waals surface area contributed by atoms with Crippen LogP contribution >= 0.6 is 0 Å². The molecular weight excluding hydrogens is 290 g/mol. The molecule has 2 aliphatic rings. The Kier molecular flexibility index (Phi) is 7.31. The predicted octanol–water partition coefficient (Wildman–Crippen LogP) is 1.85. The molecule has 2 N–H and O–H groups in total. The summed E-state index contributed by atoms with van der Waals surface area (Å²) in [5, 5.41) is 0. The minimum absolute atomic E-state index is 0.154. The number of carbonyl (C=O) groups is 1. The molecule has 2 heterocycles. The molecule has 5 heteroatoms. The van der Waals surface area contributed by atoms with Gasteiger partial charge < -0.3 is 15.4 Å². The SMILES string of the molecule is CCCC(N)C(=O)N1CCC(CCN2CC(C)OC(C)C2)CC1. The Morgan fingerprint density at radius 3 is 2.39 bits per heavy atom. The zero-order valence-corrected chi connectivity index (χ0v) is 15.2. The number of carbonyl (C=O) groups excluding carboxylic acids is 1. The predicted molar refractivity (Wildman–Crippen MR) is 93.3 cm³/mol. The maximum atomic E-state index is 12.3. The Balaban J connectivity index is 1.67. The molecule has 134 valence electrons. The largest absolute Gasteiger partial charge is 0.373 e. The van der Waals surface area contributed by atoms with Gasteiger partial charge in [0.15, 0.2) is 0 Å². The lowest BCUT2D eigenvalue weighted by atomic mass is 9.92. The van der Waals surface area contributed by atoms with Crippen molar-refractivity contribution in [3.63, 3.8) is 0 Å². The number of ether oxygens (including phenoxy) is 1. The van der Waals surface area contributed by atoms with Gasteiger partial charge in [-0.05, 0) is 52.0 Å². The van der Waals surface area contributed by atoms with Gasteiger partial charge in [0, 0.05) is 26.2 Å². The summed E-state index contributed by atoms with van der Waals surface area (Å²) in [6.07, 6.45) is 5.95. The quantitative estimate of drug-likeness (QED) is 0.810. The first-order valence-electron chi connectivity index (χ1n) is 9.41. The Hall–Kier alpha value is -0.650. The minimum Gasteiger partial charge on any atom is -0.373 e. The van der Waals surface area contributed by atoms with Crippen molar-refractivity contribution in [1.82, 2.24) is 9.80 Å². The number of hydrogen-bond acceptors (Lipinski definition) is 4. The van der Waals surface area contributed by atoms with Crippen LogP contribution in [0.4, 0.5) is 0 Å². The summed E-state index contributed by atoms with van der Waals surface area (Å²) < 4.78 is 5.79. The highest BCUT2D eigenvalue weighted by Gasteiger charge is 2.27. The molecular formula is C18H35N3O2. The van der Waals surface area contributed by atoms with Gasteiger partial charge in [0.2, 0.25) is 5.91 Å². The molecule has 0 aromatic heterocycles. The molecule has 23 heavy (non-hydrogen) atoms. The van der Waals surface area contributed by atoms with Gasteiger partial charge in [-0.15, -0.1) is 0 Å². The molecule has 3 unspecified atom stereocenters. The molecule has 2 fully saturated rings. The zero-order valence-electron chi connectivity index (χ0n) is 15.2. The molecule has 2 rings (SSSR count). The lowest BCUT2D eigenvalue weighted by Gasteiger charge is -2.37. The molecule has 3 atom stereocenters. The van der Waals surface area contributed by atoms with E-state index in [0.717, 1.165) is 64.3 Å². The van der Waals surface area contributed by atoms with Crippen molar-refractivity contribution in [2.24, 2.45) is 11.7 Å². The fourth-order valence-corrected chi connectivity index (χ4v) is 3.94. The molecule has 2 aliphatic heterocycles. The highest BCUT2D eigenvalue weighted by molar-refractivity contribution is 5.81. The number of likely N-dealkylation sites (tertiary alicyclic amines) is 1. The molecule has 0 saturated carbocycles. The van der Waals surface area contributed by atoms with Crippen LogP contribution in [0.1, 0.15) is 52.9 Å². The fraction of sp³-hybridized carbons (Fsp3) is 0.944. The molecule has 0 aromatic carbocycles. The van der Waals surface area contributed by atoms with Crippen molar-refractivity contribution in [2.45, 2.75) is 71.1 Å². The Morgan fingerprint density at radius 2 is 1.83 bits per heavy atom. The van der Waals surface area contributed by atoms with E-state index in [0.29, 0.717) is 12.2 Å². The molecule has 1 amide bonds. The van der Waals surface area contributed by atoms with Crippen LogP contribution < -0.4 is 5.73 Å². The first-order chi connectivity index (χ1) is 11.0. The fourth-order valence-electron chi connectivity index (χ4n) is 3.94. The smallest absolute Gasteiger partial charge is 0.239 e. The Morgan fingerprint density at radius 1 is 1.22 bits per heavy atom. The summed E-state index contributed by atoms with van der Waals surface area (Å²) in [6.45, 7) is 11.4. The molecule has 0 aromatic rings. The van der Waals surface area contributed by atoms with Crippen molar-refractivity contribution < 1.29 is 9.53 Å². The highest BCUT2D eigenvalue weighted by Crippen LogP contribution is 2.22. The third kappa shape index (κ3) is 5.73. The second-order valence-electron chi connectivity index (χ2n) is 7.47. The number of morpholine rings is 1. The summed E-state index contributed by atoms with van der Waals surface area (Å²) in [6, 6.07) is -0.298. The zero-order chi connectivity index (χ0) is 16.8. The third-order valence-electron chi connectivity index (χ3n) is 5.19. The van der Waals surface area contributed by atoms with Gasteiger partial charge in [0.25, 0.3) is 0 Å². The number of nitrogens with zero attached hydrogens (tertiary/aromatic N) is 2. The van der Waals surface area contributed by atoms with Crippen LogP contribution in [0.15, 0.2) is 0 Å². The van der Waals surface area contributed by atoms with E-state index in [1.807, 2.05) is 4.90 Å². The van der Waals surface area contributed by atoms with Crippen LogP contribution in [-0.4, -0.2) is 66.7 Å². The van der Waals surface area contributed by atoms with Gasteiger partial charge >= 0.3 is 0 Å². The van der Waals surface area contributed by atoms with E-state index >= 15 is 0 Å². The van der Waals surface area contributed by atoms with Crippen molar-refractivity contribution in [3.05, 3.63) is 0 Å². The Bertz CT molecular complexity index is 359. The molecule has 0 aliphatic carbocycles. The van der Waals surface area contributed by atoms with E-state index < -0.39 is 0 Å². The van der Waals surface area contributed by atoms with Gasteiger partial charge in [-0.25, -0.2) is 0 Å². The van der Waals surface area contributed by atoms with Crippen molar-refractivity contribution >= 4 is 5.91 Å². The first-order valence-corrected chi connectivity index (χ1v) is 9.41. The average Bonchev–Trinajstić information content (AvgIpc) is 2.52. The van der Waals surface area contributed by atoms with Crippen molar-refractivity contribution in [3.8, 4) is 0 Å². The molecule has 0 radical (unpaired) electrons. The van der Waals surface area contributed by atoms with Crippen LogP contribution in [-0.2, 0) is 9.53 Å². The minimum atomic E-state index is -0.298. The molecule has 0 spiro atoms. The lowest BCUT2D eigenvalue weighted by molar-refractivity contribution is -0.134. The molecule has 0 bridgehead atoms. The maximum Gasteiger partial charge on any atom is 0.239 e. The number of rotatable bonds is 6. The van der Waals surface area contributed by atoms with Crippen LogP contribution in [0.2, 0.25) is 0 Å². The molecule has 2 saturated heterocycles. The van der Waals surface area contributed by atoms with Crippen LogP contribution in [0.3, 0.4) is 0 Å². The Labute approximate surface area is 141 Å². The lowest BCUT2D eigenvalue weighted by Crippen LogP contribution is -2.48. The van der Waals surface area contributed by atoms with E-state index in [1.54, 1.807) is 0 Å². The van der Waals surface area contributed by atoms with E-state index in [9.17, 15) is 4.79 Å². The standard InChI is InChI=1S/C18H35N3O2/c1-4-5-17(19)18(22)21-10-7-16(8-11-21)6-9-20-12-14(2)23-15(3)13-20/h14-17H,4-13,19H2,1-3H3. The van der Waals surface area contributed by atoms with Gasteiger partial charge in [-0.3, -0.25) is 9.69 Å².